The molecule has 214 valence electrons. The third kappa shape index (κ3) is 5.51. The van der Waals surface area contributed by atoms with Gasteiger partial charge in [-0.2, -0.15) is 13.2 Å². The molecule has 0 spiro atoms. The molecule has 1 unspecified atom stereocenters. The predicted octanol–water partition coefficient (Wildman–Crippen LogP) is 7.19. The molecule has 0 aliphatic heterocycles. The highest BCUT2D eigenvalue weighted by molar-refractivity contribution is 7.90. The lowest BCUT2D eigenvalue weighted by molar-refractivity contribution is -0.140. The van der Waals surface area contributed by atoms with Gasteiger partial charge in [0.05, 0.1) is 26.5 Å². The van der Waals surface area contributed by atoms with E-state index in [0.717, 1.165) is 23.5 Å². The maximum atomic E-state index is 16.2. The molecule has 0 radical (unpaired) electrons. The Morgan fingerprint density at radius 2 is 1.70 bits per heavy atom. The Hall–Kier alpha value is -3.25. The molecule has 1 aromatic carbocycles. The second-order valence-electron chi connectivity index (χ2n) is 10.3. The number of amides is 1. The van der Waals surface area contributed by atoms with Gasteiger partial charge in [-0.25, -0.2) is 21.8 Å². The van der Waals surface area contributed by atoms with E-state index in [0.29, 0.717) is 28.7 Å². The molecule has 0 aliphatic rings. The van der Waals surface area contributed by atoms with Crippen molar-refractivity contribution in [2.75, 3.05) is 13.1 Å². The van der Waals surface area contributed by atoms with E-state index < -0.39 is 39.2 Å². The fraction of sp³-hybridized carbons (Fsp3) is 0.357. The maximum absolute atomic E-state index is 16.2. The van der Waals surface area contributed by atoms with E-state index in [2.05, 4.69) is 4.98 Å². The van der Waals surface area contributed by atoms with Crippen molar-refractivity contribution in [3.05, 3.63) is 81.3 Å². The van der Waals surface area contributed by atoms with E-state index in [4.69, 9.17) is 0 Å². The summed E-state index contributed by atoms with van der Waals surface area (Å²) in [5.41, 5.74) is -1.84. The average molecular weight is 596 g/mol. The standard InChI is InChI=1S/C28H29F4N3O3S2/c1-6-34(7-2)26(36)23-13-12-22(39-23)25(29)21-16-19-20(11-14-24(33-19)28(30,31)32)35(21)40(37,38)18-10-8-9-17(15-18)27(3,4)5/h8-16,25H,6-7H2,1-5H3. The van der Waals surface area contributed by atoms with Crippen LogP contribution in [-0.2, 0) is 21.6 Å². The summed E-state index contributed by atoms with van der Waals surface area (Å²) in [6.07, 6.45) is -6.84. The Morgan fingerprint density at radius 1 is 1.02 bits per heavy atom. The Balaban J connectivity index is 1.92. The number of pyridine rings is 1. The summed E-state index contributed by atoms with van der Waals surface area (Å²) in [5, 5.41) is 0. The molecule has 0 fully saturated rings. The number of thiophene rings is 1. The second-order valence-corrected chi connectivity index (χ2v) is 13.2. The number of rotatable bonds is 7. The Kier molecular flexibility index (Phi) is 7.89. The minimum Gasteiger partial charge on any atom is -0.339 e. The number of aromatic nitrogens is 2. The Morgan fingerprint density at radius 3 is 2.30 bits per heavy atom. The number of hydrogen-bond acceptors (Lipinski definition) is 5. The topological polar surface area (TPSA) is 72.3 Å². The van der Waals surface area contributed by atoms with E-state index in [1.807, 2.05) is 34.6 Å². The van der Waals surface area contributed by atoms with Crippen LogP contribution in [0.5, 0.6) is 0 Å². The lowest BCUT2D eigenvalue weighted by atomic mass is 9.87. The van der Waals surface area contributed by atoms with Gasteiger partial charge in [-0.3, -0.25) is 4.79 Å². The third-order valence-corrected chi connectivity index (χ3v) is 9.41. The van der Waals surface area contributed by atoms with Crippen molar-refractivity contribution in [2.24, 2.45) is 0 Å². The van der Waals surface area contributed by atoms with Gasteiger partial charge in [0.2, 0.25) is 0 Å². The molecule has 40 heavy (non-hydrogen) atoms. The molecule has 0 aliphatic carbocycles. The SMILES string of the molecule is CCN(CC)C(=O)c1ccc(C(F)c2cc3nc(C(F)(F)F)ccc3n2S(=O)(=O)c2cccc(C(C)(C)C)c2)s1. The first-order chi connectivity index (χ1) is 18.6. The summed E-state index contributed by atoms with van der Waals surface area (Å²) >= 11 is 0.867. The van der Waals surface area contributed by atoms with Gasteiger partial charge in [-0.15, -0.1) is 11.3 Å². The van der Waals surface area contributed by atoms with E-state index in [1.54, 1.807) is 17.0 Å². The number of carbonyl (C=O) groups is 1. The molecule has 1 atom stereocenters. The smallest absolute Gasteiger partial charge is 0.339 e. The maximum Gasteiger partial charge on any atom is 0.433 e. The fourth-order valence-corrected chi connectivity index (χ4v) is 6.87. The normalized spacial score (nSPS) is 13.5. The van der Waals surface area contributed by atoms with Crippen molar-refractivity contribution < 1.29 is 30.8 Å². The Labute approximate surface area is 234 Å². The van der Waals surface area contributed by atoms with Crippen molar-refractivity contribution in [2.45, 2.75) is 57.3 Å². The van der Waals surface area contributed by atoms with Gasteiger partial charge in [0.1, 0.15) is 5.69 Å². The molecular formula is C28H29F4N3O3S2. The van der Waals surface area contributed by atoms with Crippen molar-refractivity contribution in [1.82, 2.24) is 13.9 Å². The molecular weight excluding hydrogens is 566 g/mol. The van der Waals surface area contributed by atoms with Crippen LogP contribution < -0.4 is 0 Å². The number of nitrogens with zero attached hydrogens (tertiary/aromatic N) is 3. The fourth-order valence-electron chi connectivity index (χ4n) is 4.33. The molecule has 3 heterocycles. The number of hydrogen-bond donors (Lipinski definition) is 0. The number of carbonyl (C=O) groups excluding carboxylic acids is 1. The third-order valence-electron chi connectivity index (χ3n) is 6.57. The molecule has 12 heteroatoms. The zero-order valence-electron chi connectivity index (χ0n) is 22.6. The number of halogens is 4. The van der Waals surface area contributed by atoms with Crippen LogP contribution in [0.4, 0.5) is 17.6 Å². The largest absolute Gasteiger partial charge is 0.433 e. The molecule has 6 nitrogen and oxygen atoms in total. The lowest BCUT2D eigenvalue weighted by Crippen LogP contribution is -2.29. The van der Waals surface area contributed by atoms with Gasteiger partial charge < -0.3 is 4.90 Å². The van der Waals surface area contributed by atoms with E-state index in [1.165, 1.54) is 24.3 Å². The number of fused-ring (bicyclic) bond motifs is 1. The highest BCUT2D eigenvalue weighted by Crippen LogP contribution is 2.38. The van der Waals surface area contributed by atoms with Gasteiger partial charge in [0.25, 0.3) is 15.9 Å². The quantitative estimate of drug-likeness (QED) is 0.212. The predicted molar refractivity (Wildman–Crippen MR) is 147 cm³/mol. The summed E-state index contributed by atoms with van der Waals surface area (Å²) < 4.78 is 85.1. The molecule has 4 aromatic rings. The van der Waals surface area contributed by atoms with Gasteiger partial charge in [-0.1, -0.05) is 32.9 Å². The van der Waals surface area contributed by atoms with Crippen LogP contribution in [0, 0.1) is 0 Å². The van der Waals surface area contributed by atoms with E-state index in [-0.39, 0.29) is 31.6 Å². The molecule has 1 amide bonds. The molecule has 0 bridgehead atoms. The zero-order chi connectivity index (χ0) is 29.6. The first kappa shape index (κ1) is 29.7. The zero-order valence-corrected chi connectivity index (χ0v) is 24.2. The van der Waals surface area contributed by atoms with Crippen molar-refractivity contribution in [1.29, 1.82) is 0 Å². The van der Waals surface area contributed by atoms with E-state index in [9.17, 15) is 26.4 Å². The first-order valence-electron chi connectivity index (χ1n) is 12.6. The highest BCUT2D eigenvalue weighted by Gasteiger charge is 2.35. The van der Waals surface area contributed by atoms with Gasteiger partial charge in [0.15, 0.2) is 6.17 Å². The van der Waals surface area contributed by atoms with Crippen LogP contribution in [-0.4, -0.2) is 41.3 Å². The van der Waals surface area contributed by atoms with Gasteiger partial charge >= 0.3 is 6.18 Å². The van der Waals surface area contributed by atoms with Gasteiger partial charge in [0, 0.05) is 18.0 Å². The summed E-state index contributed by atoms with van der Waals surface area (Å²) in [6.45, 7) is 10.3. The van der Waals surface area contributed by atoms with Crippen molar-refractivity contribution >= 4 is 38.3 Å². The van der Waals surface area contributed by atoms with Crippen LogP contribution in [0.3, 0.4) is 0 Å². The number of alkyl halides is 4. The first-order valence-corrected chi connectivity index (χ1v) is 14.8. The summed E-state index contributed by atoms with van der Waals surface area (Å²) in [6, 6.07) is 11.7. The monoisotopic (exact) mass is 595 g/mol. The van der Waals surface area contributed by atoms with Crippen LogP contribution in [0.1, 0.15) is 72.3 Å². The van der Waals surface area contributed by atoms with Crippen LogP contribution in [0.15, 0.2) is 59.5 Å². The lowest BCUT2D eigenvalue weighted by Gasteiger charge is -2.20. The molecule has 3 aromatic heterocycles. The van der Waals surface area contributed by atoms with Crippen LogP contribution >= 0.6 is 11.3 Å². The Bertz CT molecular complexity index is 1660. The minimum atomic E-state index is -4.78. The molecule has 4 rings (SSSR count). The molecule has 0 saturated heterocycles. The number of benzene rings is 1. The second kappa shape index (κ2) is 10.6. The summed E-state index contributed by atoms with van der Waals surface area (Å²) in [4.78, 5) is 18.1. The highest BCUT2D eigenvalue weighted by atomic mass is 32.2. The minimum absolute atomic E-state index is 0.0363. The molecule has 0 saturated carbocycles. The van der Waals surface area contributed by atoms with Crippen molar-refractivity contribution in [3.8, 4) is 0 Å². The average Bonchev–Trinajstić information content (AvgIpc) is 3.53. The van der Waals surface area contributed by atoms with Gasteiger partial charge in [-0.05, 0) is 67.3 Å². The molecule has 0 N–H and O–H groups in total. The van der Waals surface area contributed by atoms with Crippen LogP contribution in [0.25, 0.3) is 11.0 Å². The summed E-state index contributed by atoms with van der Waals surface area (Å²) in [7, 11) is -4.48. The van der Waals surface area contributed by atoms with Crippen LogP contribution in [0.2, 0.25) is 0 Å². The van der Waals surface area contributed by atoms with E-state index >= 15 is 4.39 Å². The van der Waals surface area contributed by atoms with Crippen molar-refractivity contribution in [3.63, 3.8) is 0 Å². The summed E-state index contributed by atoms with van der Waals surface area (Å²) in [5.74, 6) is -0.294.